The van der Waals surface area contributed by atoms with E-state index in [-0.39, 0.29) is 5.91 Å². The van der Waals surface area contributed by atoms with E-state index in [0.29, 0.717) is 39.1 Å². The van der Waals surface area contributed by atoms with Gasteiger partial charge in [0.2, 0.25) is 15.9 Å². The number of sulfonamides is 1. The summed E-state index contributed by atoms with van der Waals surface area (Å²) in [5, 5.41) is 2.86. The summed E-state index contributed by atoms with van der Waals surface area (Å²) in [6, 6.07) is 7.16. The highest BCUT2D eigenvalue weighted by atomic mass is 32.2. The third kappa shape index (κ3) is 4.76. The van der Waals surface area contributed by atoms with Crippen LogP contribution in [-0.4, -0.2) is 44.1 Å². The van der Waals surface area contributed by atoms with Crippen LogP contribution in [0.15, 0.2) is 24.3 Å². The topological polar surface area (TPSA) is 75.7 Å². The average molecular weight is 340 g/mol. The van der Waals surface area contributed by atoms with Gasteiger partial charge in [-0.3, -0.25) is 4.79 Å². The third-order valence-electron chi connectivity index (χ3n) is 3.97. The summed E-state index contributed by atoms with van der Waals surface area (Å²) in [7, 11) is -3.35. The van der Waals surface area contributed by atoms with Crippen LogP contribution in [0.25, 0.3) is 0 Å². The highest BCUT2D eigenvalue weighted by Crippen LogP contribution is 2.20. The first-order valence-electron chi connectivity index (χ1n) is 7.82. The lowest BCUT2D eigenvalue weighted by atomic mass is 10.1. The maximum absolute atomic E-state index is 12.4. The minimum Gasteiger partial charge on any atom is -0.377 e. The molecule has 1 aliphatic rings. The maximum atomic E-state index is 12.4. The minimum atomic E-state index is -3.35. The van der Waals surface area contributed by atoms with E-state index < -0.39 is 16.1 Å². The molecule has 0 radical (unpaired) electrons. The van der Waals surface area contributed by atoms with E-state index in [0.717, 1.165) is 17.4 Å². The molecule has 1 heterocycles. The highest BCUT2D eigenvalue weighted by molar-refractivity contribution is 7.88. The Hall–Kier alpha value is -1.44. The van der Waals surface area contributed by atoms with Crippen molar-refractivity contribution < 1.29 is 17.9 Å². The van der Waals surface area contributed by atoms with E-state index in [1.54, 1.807) is 0 Å². The van der Waals surface area contributed by atoms with Crippen molar-refractivity contribution >= 4 is 15.9 Å². The summed E-state index contributed by atoms with van der Waals surface area (Å²) in [5.74, 6) is -0.237. The molecule has 0 aliphatic carbocycles. The van der Waals surface area contributed by atoms with Crippen molar-refractivity contribution in [3.05, 3.63) is 35.4 Å². The van der Waals surface area contributed by atoms with Crippen LogP contribution in [0.2, 0.25) is 0 Å². The first-order chi connectivity index (χ1) is 10.9. The molecule has 1 saturated heterocycles. The molecule has 1 aromatic rings. The standard InChI is InChI=1S/C16H24N2O4S/c1-3-22-12-14-8-5-4-7-13(14)11-17-16(19)15-9-6-10-18(15)23(2,20)21/h4-5,7-8,15H,3,6,9-12H2,1-2H3,(H,17,19)/t15-/m1/s1. The second kappa shape index (κ2) is 7.90. The summed E-state index contributed by atoms with van der Waals surface area (Å²) in [6.07, 6.45) is 2.43. The number of carbonyl (C=O) groups excluding carboxylic acids is 1. The largest absolute Gasteiger partial charge is 0.377 e. The van der Waals surface area contributed by atoms with Gasteiger partial charge in [-0.15, -0.1) is 0 Å². The fourth-order valence-electron chi connectivity index (χ4n) is 2.78. The molecular formula is C16H24N2O4S. The van der Waals surface area contributed by atoms with Crippen molar-refractivity contribution in [2.24, 2.45) is 0 Å². The van der Waals surface area contributed by atoms with Gasteiger partial charge in [-0.1, -0.05) is 24.3 Å². The predicted octanol–water partition coefficient (Wildman–Crippen LogP) is 1.26. The van der Waals surface area contributed by atoms with Gasteiger partial charge in [-0.25, -0.2) is 8.42 Å². The molecular weight excluding hydrogens is 316 g/mol. The summed E-state index contributed by atoms with van der Waals surface area (Å²) in [4.78, 5) is 12.4. The average Bonchev–Trinajstić information content (AvgIpc) is 3.01. The monoisotopic (exact) mass is 340 g/mol. The number of ether oxygens (including phenoxy) is 1. The Kier molecular flexibility index (Phi) is 6.15. The van der Waals surface area contributed by atoms with Gasteiger partial charge in [-0.2, -0.15) is 4.31 Å². The van der Waals surface area contributed by atoms with Gasteiger partial charge in [0.25, 0.3) is 0 Å². The van der Waals surface area contributed by atoms with E-state index in [9.17, 15) is 13.2 Å². The summed E-state index contributed by atoms with van der Waals surface area (Å²) >= 11 is 0. The van der Waals surface area contributed by atoms with E-state index in [1.807, 2.05) is 31.2 Å². The number of rotatable bonds is 7. The lowest BCUT2D eigenvalue weighted by Crippen LogP contribution is -2.45. The van der Waals surface area contributed by atoms with Crippen LogP contribution in [0.5, 0.6) is 0 Å². The van der Waals surface area contributed by atoms with Crippen molar-refractivity contribution in [3.63, 3.8) is 0 Å². The zero-order valence-corrected chi connectivity index (χ0v) is 14.4. The first kappa shape index (κ1) is 17.9. The van der Waals surface area contributed by atoms with Gasteiger partial charge in [-0.05, 0) is 30.9 Å². The number of hydrogen-bond acceptors (Lipinski definition) is 4. The molecule has 1 N–H and O–H groups in total. The second-order valence-electron chi connectivity index (χ2n) is 5.66. The van der Waals surface area contributed by atoms with E-state index in [2.05, 4.69) is 5.32 Å². The molecule has 128 valence electrons. The molecule has 1 amide bonds. The van der Waals surface area contributed by atoms with Crippen molar-refractivity contribution in [3.8, 4) is 0 Å². The molecule has 1 fully saturated rings. The van der Waals surface area contributed by atoms with Gasteiger partial charge in [0.15, 0.2) is 0 Å². The van der Waals surface area contributed by atoms with Crippen LogP contribution in [0, 0.1) is 0 Å². The van der Waals surface area contributed by atoms with Crippen LogP contribution in [-0.2, 0) is 32.7 Å². The highest BCUT2D eigenvalue weighted by Gasteiger charge is 2.36. The van der Waals surface area contributed by atoms with Crippen LogP contribution in [0.3, 0.4) is 0 Å². The fourth-order valence-corrected chi connectivity index (χ4v) is 3.91. The smallest absolute Gasteiger partial charge is 0.238 e. The molecule has 2 rings (SSSR count). The molecule has 7 heteroatoms. The van der Waals surface area contributed by atoms with E-state index in [1.165, 1.54) is 4.31 Å². The molecule has 1 atom stereocenters. The van der Waals surface area contributed by atoms with Crippen molar-refractivity contribution in [2.45, 2.75) is 39.0 Å². The van der Waals surface area contributed by atoms with E-state index in [4.69, 9.17) is 4.74 Å². The van der Waals surface area contributed by atoms with Crippen LogP contribution >= 0.6 is 0 Å². The summed E-state index contributed by atoms with van der Waals surface area (Å²) in [5.41, 5.74) is 2.01. The minimum absolute atomic E-state index is 0.237. The number of nitrogens with zero attached hydrogens (tertiary/aromatic N) is 1. The van der Waals surface area contributed by atoms with E-state index >= 15 is 0 Å². The third-order valence-corrected chi connectivity index (χ3v) is 5.25. The quantitative estimate of drug-likeness (QED) is 0.811. The Bertz CT molecular complexity index is 645. The fraction of sp³-hybridized carbons (Fsp3) is 0.562. The van der Waals surface area contributed by atoms with Crippen molar-refractivity contribution in [1.29, 1.82) is 0 Å². The second-order valence-corrected chi connectivity index (χ2v) is 7.59. The van der Waals surface area contributed by atoms with Crippen LogP contribution < -0.4 is 5.32 Å². The molecule has 6 nitrogen and oxygen atoms in total. The van der Waals surface area contributed by atoms with Crippen LogP contribution in [0.1, 0.15) is 30.9 Å². The molecule has 0 bridgehead atoms. The lowest BCUT2D eigenvalue weighted by Gasteiger charge is -2.21. The molecule has 1 aliphatic heterocycles. The van der Waals surface area contributed by atoms with Gasteiger partial charge < -0.3 is 10.1 Å². The Balaban J connectivity index is 1.99. The number of carbonyl (C=O) groups is 1. The number of benzene rings is 1. The zero-order chi connectivity index (χ0) is 16.9. The first-order valence-corrected chi connectivity index (χ1v) is 9.67. The predicted molar refractivity (Wildman–Crippen MR) is 88.2 cm³/mol. The Morgan fingerprint density at radius 1 is 1.35 bits per heavy atom. The summed E-state index contributed by atoms with van der Waals surface area (Å²) < 4.78 is 30.2. The maximum Gasteiger partial charge on any atom is 0.238 e. The lowest BCUT2D eigenvalue weighted by molar-refractivity contribution is -0.124. The number of hydrogen-bond donors (Lipinski definition) is 1. The Morgan fingerprint density at radius 3 is 2.70 bits per heavy atom. The van der Waals surface area contributed by atoms with Gasteiger partial charge in [0, 0.05) is 19.7 Å². The SMILES string of the molecule is CCOCc1ccccc1CNC(=O)[C@H]1CCCN1S(C)(=O)=O. The van der Waals surface area contributed by atoms with Crippen molar-refractivity contribution in [2.75, 3.05) is 19.4 Å². The number of amides is 1. The Labute approximate surface area is 137 Å². The van der Waals surface area contributed by atoms with Crippen molar-refractivity contribution in [1.82, 2.24) is 9.62 Å². The molecule has 0 unspecified atom stereocenters. The van der Waals surface area contributed by atoms with Crippen LogP contribution in [0.4, 0.5) is 0 Å². The molecule has 0 spiro atoms. The zero-order valence-electron chi connectivity index (χ0n) is 13.6. The normalized spacial score (nSPS) is 19.0. The van der Waals surface area contributed by atoms with Gasteiger partial charge >= 0.3 is 0 Å². The Morgan fingerprint density at radius 2 is 2.04 bits per heavy atom. The molecule has 23 heavy (non-hydrogen) atoms. The molecule has 0 aromatic heterocycles. The van der Waals surface area contributed by atoms with Gasteiger partial charge in [0.1, 0.15) is 6.04 Å². The van der Waals surface area contributed by atoms with Gasteiger partial charge in [0.05, 0.1) is 12.9 Å². The molecule has 1 aromatic carbocycles. The number of nitrogens with one attached hydrogen (secondary N) is 1. The summed E-state index contributed by atoms with van der Waals surface area (Å²) in [6.45, 7) is 3.85. The molecule has 0 saturated carbocycles.